The maximum absolute atomic E-state index is 13.8. The number of amides is 1. The Labute approximate surface area is 269 Å². The van der Waals surface area contributed by atoms with Crippen molar-refractivity contribution in [3.63, 3.8) is 0 Å². The first-order chi connectivity index (χ1) is 21.0. The number of H-pyrrole nitrogens is 1. The van der Waals surface area contributed by atoms with Crippen molar-refractivity contribution < 1.29 is 4.79 Å². The van der Waals surface area contributed by atoms with Crippen molar-refractivity contribution in [1.82, 2.24) is 25.5 Å². The summed E-state index contributed by atoms with van der Waals surface area (Å²) in [5.41, 5.74) is 6.68. The average molecular weight is 673 g/mol. The summed E-state index contributed by atoms with van der Waals surface area (Å²) >= 11 is 12.3. The number of pyridine rings is 1. The zero-order valence-corrected chi connectivity index (χ0v) is 26.9. The Morgan fingerprint density at radius 3 is 2.58 bits per heavy atom. The second kappa shape index (κ2) is 13.5. The van der Waals surface area contributed by atoms with Crippen LogP contribution >= 0.6 is 39.3 Å². The first-order valence-electron chi connectivity index (χ1n) is 14.2. The van der Waals surface area contributed by atoms with Gasteiger partial charge in [0.05, 0.1) is 28.3 Å². The lowest BCUT2D eigenvalue weighted by atomic mass is 10.0. The fraction of sp³-hybridized carbons (Fsp3) is 0.235. The van der Waals surface area contributed by atoms with Gasteiger partial charge in [-0.25, -0.2) is 4.98 Å². The Morgan fingerprint density at radius 2 is 1.81 bits per heavy atom. The normalized spacial score (nSPS) is 13.7. The van der Waals surface area contributed by atoms with Crippen LogP contribution < -0.4 is 10.6 Å². The molecule has 6 nitrogen and oxygen atoms in total. The van der Waals surface area contributed by atoms with Gasteiger partial charge >= 0.3 is 0 Å². The van der Waals surface area contributed by atoms with Crippen LogP contribution in [0, 0.1) is 11.8 Å². The van der Waals surface area contributed by atoms with E-state index in [4.69, 9.17) is 16.6 Å². The molecule has 1 fully saturated rings. The van der Waals surface area contributed by atoms with Crippen LogP contribution in [0.5, 0.6) is 0 Å². The molecule has 3 heterocycles. The molecule has 9 heteroatoms. The molecule has 1 aliphatic rings. The van der Waals surface area contributed by atoms with Crippen LogP contribution in [0.1, 0.15) is 27.0 Å². The van der Waals surface area contributed by atoms with Gasteiger partial charge in [0, 0.05) is 75.8 Å². The number of aromatic nitrogens is 2. The standard InChI is InChI=1S/C34H31BrClN5OS/c1-37-19-22-4-6-23(7-5-22)20-39-34(42)28-17-32(29-21-38-31-9-8-25(35)16-27(29)31)40-33-18-30(36)24(15-26(28)33)3-2-10-41-11-13-43-14-12-41/h4-9,15-18,21,37-38H,10-14,19-20H2,1H3,(H,39,42). The molecule has 0 bridgehead atoms. The van der Waals surface area contributed by atoms with Gasteiger partial charge in [-0.1, -0.05) is 63.6 Å². The highest BCUT2D eigenvalue weighted by molar-refractivity contribution is 9.10. The van der Waals surface area contributed by atoms with Crippen LogP contribution in [0.4, 0.5) is 0 Å². The summed E-state index contributed by atoms with van der Waals surface area (Å²) in [6.07, 6.45) is 1.93. The predicted octanol–water partition coefficient (Wildman–Crippen LogP) is 6.85. The Morgan fingerprint density at radius 1 is 1.05 bits per heavy atom. The second-order valence-electron chi connectivity index (χ2n) is 10.5. The number of carbonyl (C=O) groups is 1. The summed E-state index contributed by atoms with van der Waals surface area (Å²) in [7, 11) is 1.93. The molecule has 1 aliphatic heterocycles. The van der Waals surface area contributed by atoms with Gasteiger partial charge in [-0.15, -0.1) is 0 Å². The largest absolute Gasteiger partial charge is 0.360 e. The first-order valence-corrected chi connectivity index (χ1v) is 16.5. The molecule has 1 saturated heterocycles. The van der Waals surface area contributed by atoms with Gasteiger partial charge in [0.15, 0.2) is 0 Å². The average Bonchev–Trinajstić information content (AvgIpc) is 3.44. The maximum atomic E-state index is 13.8. The minimum Gasteiger partial charge on any atom is -0.360 e. The third-order valence-corrected chi connectivity index (χ3v) is 9.30. The summed E-state index contributed by atoms with van der Waals surface area (Å²) in [6, 6.07) is 19.9. The summed E-state index contributed by atoms with van der Waals surface area (Å²) in [5.74, 6) is 8.65. The van der Waals surface area contributed by atoms with E-state index in [1.165, 1.54) is 5.56 Å². The number of thioether (sulfide) groups is 1. The van der Waals surface area contributed by atoms with Crippen molar-refractivity contribution in [2.45, 2.75) is 13.1 Å². The molecule has 0 radical (unpaired) electrons. The van der Waals surface area contributed by atoms with Crippen molar-refractivity contribution in [2.24, 2.45) is 0 Å². The van der Waals surface area contributed by atoms with Crippen molar-refractivity contribution in [3.8, 4) is 23.1 Å². The van der Waals surface area contributed by atoms with Gasteiger partial charge < -0.3 is 15.6 Å². The van der Waals surface area contributed by atoms with Crippen molar-refractivity contribution in [3.05, 3.63) is 98.6 Å². The molecule has 3 N–H and O–H groups in total. The SMILES string of the molecule is CNCc1ccc(CNC(=O)c2cc(-c3c[nH]c4ccc(Br)cc34)nc3cc(Cl)c(C#CCN4CCSCC4)cc23)cc1. The molecule has 0 spiro atoms. The Balaban J connectivity index is 1.37. The lowest BCUT2D eigenvalue weighted by molar-refractivity contribution is 0.0952. The van der Waals surface area contributed by atoms with Gasteiger partial charge in [0.2, 0.25) is 0 Å². The predicted molar refractivity (Wildman–Crippen MR) is 183 cm³/mol. The lowest BCUT2D eigenvalue weighted by Gasteiger charge is -2.23. The third kappa shape index (κ3) is 6.93. The van der Waals surface area contributed by atoms with Crippen molar-refractivity contribution in [1.29, 1.82) is 0 Å². The van der Waals surface area contributed by atoms with Gasteiger partial charge in [0.1, 0.15) is 0 Å². The summed E-state index contributed by atoms with van der Waals surface area (Å²) in [4.78, 5) is 24.5. The Hall–Kier alpha value is -3.32. The maximum Gasteiger partial charge on any atom is 0.252 e. The molecular weight excluding hydrogens is 642 g/mol. The fourth-order valence-electron chi connectivity index (χ4n) is 5.24. The van der Waals surface area contributed by atoms with E-state index >= 15 is 0 Å². The van der Waals surface area contributed by atoms with Crippen LogP contribution in [0.25, 0.3) is 33.1 Å². The van der Waals surface area contributed by atoms with Gasteiger partial charge in [0.25, 0.3) is 5.91 Å². The highest BCUT2D eigenvalue weighted by Crippen LogP contribution is 2.33. The van der Waals surface area contributed by atoms with E-state index < -0.39 is 0 Å². The monoisotopic (exact) mass is 671 g/mol. The number of halogens is 2. The molecule has 1 amide bonds. The molecule has 6 rings (SSSR count). The van der Waals surface area contributed by atoms with Gasteiger partial charge in [-0.05, 0) is 54.6 Å². The van der Waals surface area contributed by atoms with Crippen LogP contribution in [0.2, 0.25) is 5.02 Å². The quantitative estimate of drug-likeness (QED) is 0.165. The number of aromatic amines is 1. The molecule has 0 saturated carbocycles. The summed E-state index contributed by atoms with van der Waals surface area (Å²) < 4.78 is 0.968. The molecule has 0 unspecified atom stereocenters. The third-order valence-electron chi connectivity index (χ3n) is 7.55. The number of fused-ring (bicyclic) bond motifs is 2. The molecule has 3 aromatic carbocycles. The minimum atomic E-state index is -0.180. The molecule has 5 aromatic rings. The topological polar surface area (TPSA) is 73.0 Å². The van der Waals surface area contributed by atoms with E-state index in [2.05, 4.69) is 66.5 Å². The number of nitrogens with one attached hydrogen (secondary N) is 3. The fourth-order valence-corrected chi connectivity index (χ4v) is 6.78. The number of benzene rings is 3. The van der Waals surface area contributed by atoms with E-state index in [1.54, 1.807) is 0 Å². The highest BCUT2D eigenvalue weighted by Gasteiger charge is 2.18. The molecule has 43 heavy (non-hydrogen) atoms. The van der Waals surface area contributed by atoms with Crippen LogP contribution in [0.15, 0.2) is 71.3 Å². The Kier molecular flexibility index (Phi) is 9.37. The van der Waals surface area contributed by atoms with Crippen LogP contribution in [0.3, 0.4) is 0 Å². The number of rotatable bonds is 7. The number of hydrogen-bond donors (Lipinski definition) is 3. The second-order valence-corrected chi connectivity index (χ2v) is 13.1. The van der Waals surface area contributed by atoms with E-state index in [-0.39, 0.29) is 5.91 Å². The molecule has 2 aromatic heterocycles. The van der Waals surface area contributed by atoms with Gasteiger partial charge in [-0.2, -0.15) is 11.8 Å². The van der Waals surface area contributed by atoms with Crippen LogP contribution in [-0.2, 0) is 13.1 Å². The van der Waals surface area contributed by atoms with E-state index in [9.17, 15) is 4.79 Å². The Bertz CT molecular complexity index is 1850. The van der Waals surface area contributed by atoms with Crippen molar-refractivity contribution >= 4 is 67.0 Å². The molecule has 218 valence electrons. The van der Waals surface area contributed by atoms with Crippen LogP contribution in [-0.4, -0.2) is 59.0 Å². The number of hydrogen-bond acceptors (Lipinski definition) is 5. The lowest BCUT2D eigenvalue weighted by Crippen LogP contribution is -2.32. The zero-order valence-electron chi connectivity index (χ0n) is 23.8. The van der Waals surface area contributed by atoms with E-state index in [1.807, 2.05) is 67.5 Å². The number of nitrogens with zero attached hydrogens (tertiary/aromatic N) is 2. The molecule has 0 atom stereocenters. The smallest absolute Gasteiger partial charge is 0.252 e. The minimum absolute atomic E-state index is 0.180. The summed E-state index contributed by atoms with van der Waals surface area (Å²) in [5, 5.41) is 8.53. The first kappa shape index (κ1) is 29.7. The summed E-state index contributed by atoms with van der Waals surface area (Å²) in [6.45, 7) is 4.00. The molecule has 0 aliphatic carbocycles. The van der Waals surface area contributed by atoms with E-state index in [0.717, 1.165) is 63.0 Å². The van der Waals surface area contributed by atoms with Crippen molar-refractivity contribution in [2.75, 3.05) is 38.2 Å². The van der Waals surface area contributed by atoms with Gasteiger partial charge in [-0.3, -0.25) is 9.69 Å². The highest BCUT2D eigenvalue weighted by atomic mass is 79.9. The molecular formula is C34H31BrClN5OS. The zero-order chi connectivity index (χ0) is 29.8. The number of carbonyl (C=O) groups excluding carboxylic acids is 1. The van der Waals surface area contributed by atoms with E-state index in [0.29, 0.717) is 40.4 Å².